The molecule has 1 aromatic heterocycles. The number of aliphatic imine (C=N–C) groups is 2. The summed E-state index contributed by atoms with van der Waals surface area (Å²) in [6.45, 7) is 0. The van der Waals surface area contributed by atoms with E-state index in [1.807, 2.05) is 12.3 Å². The molecule has 0 bridgehead atoms. The molecule has 4 aliphatic rings. The van der Waals surface area contributed by atoms with E-state index in [1.54, 1.807) is 18.1 Å². The van der Waals surface area contributed by atoms with E-state index in [9.17, 15) is 0 Å². The molecule has 6 aromatic rings. The number of benzene rings is 5. The van der Waals surface area contributed by atoms with E-state index in [0.29, 0.717) is 0 Å². The van der Waals surface area contributed by atoms with Crippen molar-refractivity contribution in [2.45, 2.75) is 29.3 Å². The smallest absolute Gasteiger partial charge is 0.169 e. The van der Waals surface area contributed by atoms with Crippen molar-refractivity contribution in [3.05, 3.63) is 209 Å². The third kappa shape index (κ3) is 5.51. The van der Waals surface area contributed by atoms with Crippen molar-refractivity contribution in [3.63, 3.8) is 0 Å². The number of amidine groups is 1. The van der Waals surface area contributed by atoms with Crippen LogP contribution in [0.25, 0.3) is 38.7 Å². The lowest BCUT2D eigenvalue weighted by Gasteiger charge is -2.32. The molecule has 10 rings (SSSR count). The first-order chi connectivity index (χ1) is 26.8. The standard InChI is InChI=1S/C49H36N4S/c1-2-12-35(13-3-1)47-51-32-52-48(53-47)38-16-8-15-36(30-38)37-24-25-45-44(31-37)49(42-22-6-4-19-40(42)41-20-5-7-23-43(41)49)27-26-33(18-11-29-54-45)39-21-9-14-34-17-10-28-50-46(34)39/h2,4-32,48H,1,3H2,(H,51,52,53)/b27-26+,29-11+,33-18+. The molecule has 0 saturated carbocycles. The minimum atomic E-state index is -0.550. The van der Waals surface area contributed by atoms with Gasteiger partial charge in [-0.15, -0.1) is 0 Å². The quantitative estimate of drug-likeness (QED) is 0.198. The van der Waals surface area contributed by atoms with Crippen LogP contribution in [0.2, 0.25) is 0 Å². The van der Waals surface area contributed by atoms with Gasteiger partial charge in [-0.1, -0.05) is 151 Å². The van der Waals surface area contributed by atoms with Crippen molar-refractivity contribution in [1.82, 2.24) is 10.3 Å². The van der Waals surface area contributed by atoms with Crippen LogP contribution in [-0.2, 0) is 5.41 Å². The van der Waals surface area contributed by atoms with Gasteiger partial charge in [0.05, 0.1) is 17.3 Å². The Labute approximate surface area is 319 Å². The Bertz CT molecular complexity index is 2640. The summed E-state index contributed by atoms with van der Waals surface area (Å²) >= 11 is 1.77. The molecule has 0 saturated heterocycles. The van der Waals surface area contributed by atoms with Crippen molar-refractivity contribution in [3.8, 4) is 22.3 Å². The molecule has 5 aromatic carbocycles. The number of thioether (sulfide) groups is 1. The number of hydrogen-bond acceptors (Lipinski definition) is 5. The van der Waals surface area contributed by atoms with E-state index in [-0.39, 0.29) is 6.17 Å². The molecule has 0 radical (unpaired) electrons. The largest absolute Gasteiger partial charge is 0.331 e. The van der Waals surface area contributed by atoms with E-state index in [0.717, 1.165) is 63.0 Å². The first kappa shape index (κ1) is 32.4. The highest BCUT2D eigenvalue weighted by atomic mass is 32.2. The monoisotopic (exact) mass is 712 g/mol. The van der Waals surface area contributed by atoms with Crippen LogP contribution in [0, 0.1) is 0 Å². The molecule has 1 N–H and O–H groups in total. The summed E-state index contributed by atoms with van der Waals surface area (Å²) in [7, 11) is 0. The lowest BCUT2D eigenvalue weighted by Crippen LogP contribution is -2.28. The summed E-state index contributed by atoms with van der Waals surface area (Å²) in [5, 5.41) is 6.61. The molecule has 1 atom stereocenters. The first-order valence-electron chi connectivity index (χ1n) is 18.5. The number of para-hydroxylation sites is 1. The summed E-state index contributed by atoms with van der Waals surface area (Å²) < 4.78 is 0. The summed E-state index contributed by atoms with van der Waals surface area (Å²) in [6.07, 6.45) is 21.2. The Balaban J connectivity index is 1.15. The average Bonchev–Trinajstić information content (AvgIpc) is 3.54. The molecular formula is C49H36N4S. The van der Waals surface area contributed by atoms with Gasteiger partial charge in [0.1, 0.15) is 5.84 Å². The molecule has 2 aliphatic carbocycles. The van der Waals surface area contributed by atoms with E-state index >= 15 is 0 Å². The second-order valence-corrected chi connectivity index (χ2v) is 14.9. The van der Waals surface area contributed by atoms with Crippen LogP contribution < -0.4 is 5.32 Å². The third-order valence-electron chi connectivity index (χ3n) is 10.9. The molecule has 5 heteroatoms. The lowest BCUT2D eigenvalue weighted by molar-refractivity contribution is 0.762. The number of pyridine rings is 1. The molecule has 3 heterocycles. The van der Waals surface area contributed by atoms with Gasteiger partial charge in [-0.25, -0.2) is 9.98 Å². The molecule has 258 valence electrons. The van der Waals surface area contributed by atoms with Gasteiger partial charge >= 0.3 is 0 Å². The van der Waals surface area contributed by atoms with Gasteiger partial charge in [-0.2, -0.15) is 0 Å². The Hall–Kier alpha value is -6.30. The van der Waals surface area contributed by atoms with Gasteiger partial charge in [0.25, 0.3) is 0 Å². The number of fused-ring (bicyclic) bond motifs is 8. The molecule has 1 spiro atoms. The topological polar surface area (TPSA) is 49.6 Å². The summed E-state index contributed by atoms with van der Waals surface area (Å²) in [6, 6.07) is 44.1. The second-order valence-electron chi connectivity index (χ2n) is 13.9. The summed E-state index contributed by atoms with van der Waals surface area (Å²) in [5.41, 5.74) is 13.5. The second kappa shape index (κ2) is 13.6. The molecule has 54 heavy (non-hydrogen) atoms. The highest BCUT2D eigenvalue weighted by molar-refractivity contribution is 8.02. The fourth-order valence-corrected chi connectivity index (χ4v) is 9.14. The number of aromatic nitrogens is 1. The van der Waals surface area contributed by atoms with Crippen molar-refractivity contribution in [1.29, 1.82) is 0 Å². The average molecular weight is 713 g/mol. The molecule has 1 unspecified atom stereocenters. The lowest BCUT2D eigenvalue weighted by atomic mass is 9.71. The predicted octanol–water partition coefficient (Wildman–Crippen LogP) is 11.8. The number of allylic oxidation sites excluding steroid dienone is 7. The third-order valence-corrected chi connectivity index (χ3v) is 11.8. The summed E-state index contributed by atoms with van der Waals surface area (Å²) in [4.78, 5) is 15.8. The van der Waals surface area contributed by atoms with Crippen LogP contribution in [0.3, 0.4) is 0 Å². The van der Waals surface area contributed by atoms with Gasteiger partial charge in [0.15, 0.2) is 6.17 Å². The van der Waals surface area contributed by atoms with Gasteiger partial charge in [-0.05, 0) is 92.6 Å². The molecule has 2 aliphatic heterocycles. The first-order valence-corrected chi connectivity index (χ1v) is 19.4. The molecule has 4 nitrogen and oxygen atoms in total. The minimum Gasteiger partial charge on any atom is -0.331 e. The SMILES string of the molecule is C1=CC(C2=NC(c3cccc(-c4ccc5c(c4)C4(/C=C/C(c6cccc7cccnc67)=C\C=C\S5)c5ccccc5-c5ccccc54)c3)N=CN2)=CCC1. The van der Waals surface area contributed by atoms with Crippen LogP contribution >= 0.6 is 11.8 Å². The summed E-state index contributed by atoms with van der Waals surface area (Å²) in [5.74, 6) is 0.870. The van der Waals surface area contributed by atoms with E-state index in [4.69, 9.17) is 15.0 Å². The molecular weight excluding hydrogens is 677 g/mol. The Morgan fingerprint density at radius 2 is 1.48 bits per heavy atom. The number of nitrogens with one attached hydrogen (secondary N) is 1. The van der Waals surface area contributed by atoms with Gasteiger partial charge < -0.3 is 5.32 Å². The normalized spacial score (nSPS) is 20.1. The van der Waals surface area contributed by atoms with Crippen LogP contribution in [0.15, 0.2) is 196 Å². The van der Waals surface area contributed by atoms with E-state index in [1.165, 1.54) is 32.7 Å². The fraction of sp³-hybridized carbons (Fsp3) is 0.0816. The zero-order valence-electron chi connectivity index (χ0n) is 29.6. The van der Waals surface area contributed by atoms with Crippen molar-refractivity contribution in [2.75, 3.05) is 0 Å². The number of rotatable bonds is 4. The van der Waals surface area contributed by atoms with Crippen LogP contribution in [0.1, 0.15) is 46.8 Å². The number of nitrogens with zero attached hydrogens (tertiary/aromatic N) is 3. The van der Waals surface area contributed by atoms with Crippen molar-refractivity contribution in [2.24, 2.45) is 9.98 Å². The Morgan fingerprint density at radius 3 is 2.33 bits per heavy atom. The fourth-order valence-electron chi connectivity index (χ4n) is 8.34. The van der Waals surface area contributed by atoms with Crippen LogP contribution in [0.5, 0.6) is 0 Å². The van der Waals surface area contributed by atoms with Crippen molar-refractivity contribution >= 4 is 40.4 Å². The molecule has 0 amide bonds. The highest BCUT2D eigenvalue weighted by Crippen LogP contribution is 2.56. The van der Waals surface area contributed by atoms with Crippen LogP contribution in [-0.4, -0.2) is 17.2 Å². The predicted molar refractivity (Wildman–Crippen MR) is 226 cm³/mol. The number of hydrogen-bond donors (Lipinski definition) is 1. The zero-order chi connectivity index (χ0) is 35.9. The Kier molecular flexibility index (Phi) is 8.15. The highest BCUT2D eigenvalue weighted by Gasteiger charge is 2.44. The van der Waals surface area contributed by atoms with Crippen LogP contribution in [0.4, 0.5) is 0 Å². The molecule has 0 fully saturated rings. The Morgan fingerprint density at radius 1 is 0.685 bits per heavy atom. The van der Waals surface area contributed by atoms with Gasteiger partial charge in [0, 0.05) is 27.6 Å². The van der Waals surface area contributed by atoms with Crippen molar-refractivity contribution < 1.29 is 0 Å². The minimum absolute atomic E-state index is 0.314. The maximum atomic E-state index is 5.04. The van der Waals surface area contributed by atoms with Gasteiger partial charge in [-0.3, -0.25) is 4.98 Å². The maximum Gasteiger partial charge on any atom is 0.169 e. The maximum absolute atomic E-state index is 5.04. The van der Waals surface area contributed by atoms with Gasteiger partial charge in [0.2, 0.25) is 0 Å². The van der Waals surface area contributed by atoms with E-state index in [2.05, 4.69) is 169 Å². The van der Waals surface area contributed by atoms with E-state index < -0.39 is 5.41 Å². The zero-order valence-corrected chi connectivity index (χ0v) is 30.4.